The standard InChI is InChI=1S/C24H24N2O6/c27-22(26-12-13-31-21(14-26)23(28)29)10-5-11-25-24(30)32-15-20-18-8-3-1-6-16(18)17-7-2-4-9-19(17)20/h1-10,20-21H,11-15H2,(H,25,30)(H,28,29)/b10-5+. The summed E-state index contributed by atoms with van der Waals surface area (Å²) in [6.07, 6.45) is 1.24. The minimum Gasteiger partial charge on any atom is -0.479 e. The molecular weight excluding hydrogens is 412 g/mol. The molecule has 1 unspecified atom stereocenters. The maximum Gasteiger partial charge on any atom is 0.407 e. The summed E-state index contributed by atoms with van der Waals surface area (Å²) in [5.74, 6) is -1.44. The van der Waals surface area contributed by atoms with Gasteiger partial charge in [0.25, 0.3) is 0 Å². The quantitative estimate of drug-likeness (QED) is 0.674. The lowest BCUT2D eigenvalue weighted by atomic mass is 9.98. The Hall–Kier alpha value is -3.65. The Morgan fingerprint density at radius 2 is 1.75 bits per heavy atom. The monoisotopic (exact) mass is 436 g/mol. The highest BCUT2D eigenvalue weighted by molar-refractivity contribution is 5.88. The minimum absolute atomic E-state index is 0.00167. The van der Waals surface area contributed by atoms with E-state index in [-0.39, 0.29) is 38.1 Å². The number of carbonyl (C=O) groups excluding carboxylic acids is 2. The van der Waals surface area contributed by atoms with Gasteiger partial charge in [0.1, 0.15) is 6.61 Å². The molecule has 2 N–H and O–H groups in total. The molecule has 1 atom stereocenters. The normalized spacial score (nSPS) is 17.6. The maximum absolute atomic E-state index is 12.2. The lowest BCUT2D eigenvalue weighted by Crippen LogP contribution is -2.48. The van der Waals surface area contributed by atoms with Gasteiger partial charge in [-0.25, -0.2) is 9.59 Å². The van der Waals surface area contributed by atoms with E-state index in [1.165, 1.54) is 17.1 Å². The van der Waals surface area contributed by atoms with Crippen LogP contribution in [-0.4, -0.2) is 66.9 Å². The van der Waals surface area contributed by atoms with E-state index in [1.807, 2.05) is 24.3 Å². The number of carboxylic acid groups (broad SMARTS) is 1. The molecule has 2 aliphatic rings. The zero-order chi connectivity index (χ0) is 22.5. The molecule has 0 bridgehead atoms. The van der Waals surface area contributed by atoms with Crippen LogP contribution in [0.4, 0.5) is 4.79 Å². The molecule has 2 amide bonds. The first-order valence-electron chi connectivity index (χ1n) is 10.4. The Morgan fingerprint density at radius 1 is 1.09 bits per heavy atom. The van der Waals surface area contributed by atoms with Crippen LogP contribution in [0.3, 0.4) is 0 Å². The maximum atomic E-state index is 12.2. The molecule has 2 aromatic carbocycles. The van der Waals surface area contributed by atoms with Crippen molar-refractivity contribution in [1.29, 1.82) is 0 Å². The number of rotatable bonds is 6. The van der Waals surface area contributed by atoms with Crippen molar-refractivity contribution in [2.45, 2.75) is 12.0 Å². The molecule has 1 aliphatic heterocycles. The number of nitrogens with zero attached hydrogens (tertiary/aromatic N) is 1. The smallest absolute Gasteiger partial charge is 0.407 e. The zero-order valence-corrected chi connectivity index (χ0v) is 17.4. The Bertz CT molecular complexity index is 1000. The fraction of sp³-hybridized carbons (Fsp3) is 0.292. The number of benzene rings is 2. The molecule has 0 spiro atoms. The average molecular weight is 436 g/mol. The third-order valence-electron chi connectivity index (χ3n) is 5.62. The summed E-state index contributed by atoms with van der Waals surface area (Å²) in [5.41, 5.74) is 4.59. The van der Waals surface area contributed by atoms with Gasteiger partial charge in [0.05, 0.1) is 13.2 Å². The Balaban J connectivity index is 1.26. The second-order valence-corrected chi connectivity index (χ2v) is 7.59. The molecule has 8 heteroatoms. The highest BCUT2D eigenvalue weighted by atomic mass is 16.5. The van der Waals surface area contributed by atoms with Crippen molar-refractivity contribution in [2.75, 3.05) is 32.8 Å². The van der Waals surface area contributed by atoms with Crippen molar-refractivity contribution in [2.24, 2.45) is 0 Å². The first-order valence-corrected chi connectivity index (χ1v) is 10.4. The molecule has 1 aliphatic carbocycles. The second-order valence-electron chi connectivity index (χ2n) is 7.59. The zero-order valence-electron chi connectivity index (χ0n) is 17.4. The van der Waals surface area contributed by atoms with Crippen molar-refractivity contribution >= 4 is 18.0 Å². The number of nitrogens with one attached hydrogen (secondary N) is 1. The van der Waals surface area contributed by atoms with Gasteiger partial charge in [-0.1, -0.05) is 54.6 Å². The molecule has 4 rings (SSSR count). The van der Waals surface area contributed by atoms with E-state index >= 15 is 0 Å². The fourth-order valence-electron chi connectivity index (χ4n) is 4.06. The summed E-state index contributed by atoms with van der Waals surface area (Å²) in [6, 6.07) is 16.2. The van der Waals surface area contributed by atoms with Gasteiger partial charge in [0.2, 0.25) is 5.91 Å². The van der Waals surface area contributed by atoms with Crippen LogP contribution in [0.15, 0.2) is 60.7 Å². The van der Waals surface area contributed by atoms with Gasteiger partial charge in [-0.15, -0.1) is 0 Å². The van der Waals surface area contributed by atoms with E-state index in [4.69, 9.17) is 14.6 Å². The van der Waals surface area contributed by atoms with Crippen LogP contribution in [0, 0.1) is 0 Å². The van der Waals surface area contributed by atoms with Gasteiger partial charge >= 0.3 is 12.1 Å². The van der Waals surface area contributed by atoms with Crippen LogP contribution in [0.1, 0.15) is 17.0 Å². The number of aliphatic carboxylic acids is 1. The van der Waals surface area contributed by atoms with Gasteiger partial charge in [0.15, 0.2) is 6.10 Å². The van der Waals surface area contributed by atoms with Crippen molar-refractivity contribution < 1.29 is 29.0 Å². The van der Waals surface area contributed by atoms with Gasteiger partial charge < -0.3 is 24.8 Å². The van der Waals surface area contributed by atoms with Crippen molar-refractivity contribution in [1.82, 2.24) is 10.2 Å². The van der Waals surface area contributed by atoms with E-state index in [0.717, 1.165) is 22.3 Å². The number of hydrogen-bond acceptors (Lipinski definition) is 5. The van der Waals surface area contributed by atoms with Gasteiger partial charge in [-0.3, -0.25) is 4.79 Å². The number of alkyl carbamates (subject to hydrolysis) is 1. The lowest BCUT2D eigenvalue weighted by Gasteiger charge is -2.30. The SMILES string of the molecule is O=C(NC/C=C/C(=O)N1CCOC(C(=O)O)C1)OCC1c2ccccc2-c2ccccc21. The largest absolute Gasteiger partial charge is 0.479 e. The molecule has 1 saturated heterocycles. The number of ether oxygens (including phenoxy) is 2. The summed E-state index contributed by atoms with van der Waals surface area (Å²) in [5, 5.41) is 11.6. The number of carbonyl (C=O) groups is 3. The first kappa shape index (κ1) is 21.6. The van der Waals surface area contributed by atoms with Crippen LogP contribution >= 0.6 is 0 Å². The van der Waals surface area contributed by atoms with Crippen molar-refractivity contribution in [3.05, 3.63) is 71.8 Å². The summed E-state index contributed by atoms with van der Waals surface area (Å²) < 4.78 is 10.5. The van der Waals surface area contributed by atoms with Gasteiger partial charge in [-0.2, -0.15) is 0 Å². The number of hydrogen-bond donors (Lipinski definition) is 2. The molecule has 32 heavy (non-hydrogen) atoms. The fourth-order valence-corrected chi connectivity index (χ4v) is 4.06. The summed E-state index contributed by atoms with van der Waals surface area (Å²) >= 11 is 0. The number of morpholine rings is 1. The van der Waals surface area contributed by atoms with E-state index in [0.29, 0.717) is 6.54 Å². The van der Waals surface area contributed by atoms with Crippen molar-refractivity contribution in [3.63, 3.8) is 0 Å². The number of amides is 2. The van der Waals surface area contributed by atoms with Crippen LogP contribution in [0.25, 0.3) is 11.1 Å². The van der Waals surface area contributed by atoms with Crippen LogP contribution in [-0.2, 0) is 19.1 Å². The predicted octanol–water partition coefficient (Wildman–Crippen LogP) is 2.39. The molecule has 2 aromatic rings. The highest BCUT2D eigenvalue weighted by Crippen LogP contribution is 2.44. The molecule has 0 saturated carbocycles. The molecule has 0 radical (unpaired) electrons. The van der Waals surface area contributed by atoms with E-state index in [2.05, 4.69) is 29.6 Å². The molecule has 166 valence electrons. The van der Waals surface area contributed by atoms with Gasteiger partial charge in [0, 0.05) is 25.1 Å². The summed E-state index contributed by atoms with van der Waals surface area (Å²) in [7, 11) is 0. The van der Waals surface area contributed by atoms with E-state index in [9.17, 15) is 14.4 Å². The van der Waals surface area contributed by atoms with E-state index < -0.39 is 18.2 Å². The predicted molar refractivity (Wildman–Crippen MR) is 116 cm³/mol. The molecular formula is C24H24N2O6. The highest BCUT2D eigenvalue weighted by Gasteiger charge is 2.29. The van der Waals surface area contributed by atoms with Crippen LogP contribution in [0.2, 0.25) is 0 Å². The number of carboxylic acids is 1. The molecule has 1 heterocycles. The number of fused-ring (bicyclic) bond motifs is 3. The minimum atomic E-state index is -1.09. The average Bonchev–Trinajstić information content (AvgIpc) is 3.14. The summed E-state index contributed by atoms with van der Waals surface area (Å²) in [4.78, 5) is 36.8. The van der Waals surface area contributed by atoms with Crippen molar-refractivity contribution in [3.8, 4) is 11.1 Å². The lowest BCUT2D eigenvalue weighted by molar-refractivity contribution is -0.158. The van der Waals surface area contributed by atoms with E-state index in [1.54, 1.807) is 0 Å². The Kier molecular flexibility index (Phi) is 6.51. The Morgan fingerprint density at radius 3 is 2.41 bits per heavy atom. The third kappa shape index (κ3) is 4.65. The van der Waals surface area contributed by atoms with Crippen LogP contribution < -0.4 is 5.32 Å². The third-order valence-corrected chi connectivity index (χ3v) is 5.62. The topological polar surface area (TPSA) is 105 Å². The first-order chi connectivity index (χ1) is 15.5. The molecule has 8 nitrogen and oxygen atoms in total. The Labute approximate surface area is 185 Å². The molecule has 0 aromatic heterocycles. The van der Waals surface area contributed by atoms with Crippen LogP contribution in [0.5, 0.6) is 0 Å². The molecule has 1 fully saturated rings. The van der Waals surface area contributed by atoms with Gasteiger partial charge in [-0.05, 0) is 22.3 Å². The second kappa shape index (κ2) is 9.65. The summed E-state index contributed by atoms with van der Waals surface area (Å²) in [6.45, 7) is 0.835.